The van der Waals surface area contributed by atoms with Gasteiger partial charge in [0.1, 0.15) is 5.84 Å². The predicted octanol–water partition coefficient (Wildman–Crippen LogP) is 2.32. The van der Waals surface area contributed by atoms with Gasteiger partial charge in [-0.1, -0.05) is 12.2 Å². The average Bonchev–Trinajstić information content (AvgIpc) is 3.19. The molecule has 2 atom stereocenters. The number of nitriles is 1. The van der Waals surface area contributed by atoms with Crippen molar-refractivity contribution in [2.24, 2.45) is 22.0 Å². The van der Waals surface area contributed by atoms with Crippen LogP contribution < -0.4 is 5.32 Å². The molecular weight excluding hydrogens is 390 g/mol. The molecule has 9 heteroatoms. The molecule has 0 spiro atoms. The van der Waals surface area contributed by atoms with E-state index in [2.05, 4.69) is 54.1 Å². The third-order valence-corrected chi connectivity index (χ3v) is 5.74. The molecule has 0 aromatic carbocycles. The third-order valence-electron chi connectivity index (χ3n) is 5.74. The second-order valence-electron chi connectivity index (χ2n) is 7.87. The number of hydrogen-bond acceptors (Lipinski definition) is 6. The Morgan fingerprint density at radius 2 is 2.19 bits per heavy atom. The Labute approximate surface area is 182 Å². The number of rotatable bonds is 4. The monoisotopic (exact) mass is 417 g/mol. The molecule has 1 aromatic rings. The van der Waals surface area contributed by atoms with Gasteiger partial charge in [-0.3, -0.25) is 9.58 Å². The molecule has 4 rings (SSSR count). The van der Waals surface area contributed by atoms with E-state index in [9.17, 15) is 0 Å². The molecule has 0 unspecified atom stereocenters. The lowest BCUT2D eigenvalue weighted by atomic mass is 10.1. The van der Waals surface area contributed by atoms with Gasteiger partial charge >= 0.3 is 0 Å². The molecule has 4 heterocycles. The first kappa shape index (κ1) is 20.8. The number of piperazine rings is 1. The highest BCUT2D eigenvalue weighted by molar-refractivity contribution is 5.96. The second-order valence-corrected chi connectivity index (χ2v) is 7.87. The summed E-state index contributed by atoms with van der Waals surface area (Å²) in [6.45, 7) is 6.42. The number of nitrogens with zero attached hydrogens (tertiary/aromatic N) is 8. The SMILES string of the molecule is C=NC(=N/C=C\CN1C[C@H]2CC[C@@H](C1)N2C1=NC=CC(C#N)=CC1)Nc1cnn(C)c1. The van der Waals surface area contributed by atoms with Gasteiger partial charge < -0.3 is 10.2 Å². The molecule has 3 aliphatic heterocycles. The van der Waals surface area contributed by atoms with Crippen molar-refractivity contribution in [1.29, 1.82) is 5.26 Å². The minimum absolute atomic E-state index is 0.443. The molecule has 160 valence electrons. The number of guanidine groups is 1. The summed E-state index contributed by atoms with van der Waals surface area (Å²) >= 11 is 0. The Bertz CT molecular complexity index is 990. The Hall–Kier alpha value is -3.51. The lowest BCUT2D eigenvalue weighted by molar-refractivity contribution is 0.130. The first-order valence-electron chi connectivity index (χ1n) is 10.5. The molecular formula is C22H27N9. The largest absolute Gasteiger partial charge is 0.351 e. The number of aliphatic imine (C=N–C) groups is 3. The van der Waals surface area contributed by atoms with E-state index in [4.69, 9.17) is 5.26 Å². The molecule has 0 amide bonds. The zero-order valence-corrected chi connectivity index (χ0v) is 17.7. The first-order chi connectivity index (χ1) is 15.2. The summed E-state index contributed by atoms with van der Waals surface area (Å²) in [5.74, 6) is 1.52. The van der Waals surface area contributed by atoms with Crippen LogP contribution >= 0.6 is 0 Å². The van der Waals surface area contributed by atoms with Crippen molar-refractivity contribution in [2.75, 3.05) is 25.0 Å². The van der Waals surface area contributed by atoms with Crippen LogP contribution in [0.4, 0.5) is 5.69 Å². The zero-order chi connectivity index (χ0) is 21.6. The highest BCUT2D eigenvalue weighted by atomic mass is 15.3. The van der Waals surface area contributed by atoms with Gasteiger partial charge in [-0.25, -0.2) is 15.0 Å². The lowest BCUT2D eigenvalue weighted by Crippen LogP contribution is -2.55. The fourth-order valence-corrected chi connectivity index (χ4v) is 4.39. The minimum Gasteiger partial charge on any atom is -0.351 e. The number of hydrogen-bond donors (Lipinski definition) is 1. The maximum Gasteiger partial charge on any atom is 0.226 e. The molecule has 0 saturated carbocycles. The maximum atomic E-state index is 9.12. The van der Waals surface area contributed by atoms with Crippen LogP contribution in [0.25, 0.3) is 0 Å². The van der Waals surface area contributed by atoms with E-state index in [0.717, 1.165) is 37.6 Å². The average molecular weight is 418 g/mol. The van der Waals surface area contributed by atoms with Gasteiger partial charge in [0.25, 0.3) is 0 Å². The van der Waals surface area contributed by atoms with Gasteiger partial charge in [0.05, 0.1) is 18.0 Å². The summed E-state index contributed by atoms with van der Waals surface area (Å²) in [6.07, 6.45) is 16.0. The lowest BCUT2D eigenvalue weighted by Gasteiger charge is -2.42. The van der Waals surface area contributed by atoms with E-state index in [1.165, 1.54) is 12.8 Å². The van der Waals surface area contributed by atoms with Crippen LogP contribution in [0.2, 0.25) is 0 Å². The Balaban J connectivity index is 1.32. The zero-order valence-electron chi connectivity index (χ0n) is 17.7. The summed E-state index contributed by atoms with van der Waals surface area (Å²) < 4.78 is 1.71. The standard InChI is InChI=1S/C22H27N9/c1-24-22(28-18-13-27-29(2)14-18)26-9-3-11-30-15-19-5-6-20(16-30)31(19)21-7-4-17(12-23)8-10-25-21/h3-4,8-10,13-14,19-20H,1,5-7,11,15-16H2,2H3,(H,26,28)/b9-3-/t19-,20+. The van der Waals surface area contributed by atoms with Crippen LogP contribution in [0, 0.1) is 11.3 Å². The molecule has 0 aliphatic carbocycles. The molecule has 2 saturated heterocycles. The van der Waals surface area contributed by atoms with Crippen LogP contribution in [-0.2, 0) is 7.05 Å². The fraction of sp³-hybridized carbons (Fsp3) is 0.409. The summed E-state index contributed by atoms with van der Waals surface area (Å²) in [4.78, 5) is 17.9. The number of likely N-dealkylation sites (tertiary alicyclic amines) is 1. The normalized spacial score (nSPS) is 24.0. The summed E-state index contributed by atoms with van der Waals surface area (Å²) in [5.41, 5.74) is 1.50. The van der Waals surface area contributed by atoms with Gasteiger partial charge in [0.2, 0.25) is 5.96 Å². The van der Waals surface area contributed by atoms with Gasteiger partial charge in [-0.05, 0) is 25.6 Å². The Morgan fingerprint density at radius 3 is 2.87 bits per heavy atom. The summed E-state index contributed by atoms with van der Waals surface area (Å²) in [7, 11) is 1.86. The van der Waals surface area contributed by atoms with Crippen LogP contribution in [-0.4, -0.2) is 69.8 Å². The molecule has 1 aromatic heterocycles. The number of anilines is 1. The van der Waals surface area contributed by atoms with Crippen molar-refractivity contribution >= 4 is 24.2 Å². The van der Waals surface area contributed by atoms with E-state index < -0.39 is 0 Å². The predicted molar refractivity (Wildman–Crippen MR) is 123 cm³/mol. The van der Waals surface area contributed by atoms with Crippen molar-refractivity contribution in [3.8, 4) is 6.07 Å². The number of aryl methyl sites for hydroxylation is 1. The van der Waals surface area contributed by atoms with Gasteiger partial charge in [0.15, 0.2) is 0 Å². The van der Waals surface area contributed by atoms with Gasteiger partial charge in [-0.15, -0.1) is 0 Å². The highest BCUT2D eigenvalue weighted by Gasteiger charge is 2.40. The van der Waals surface area contributed by atoms with Gasteiger partial charge in [0, 0.05) is 69.4 Å². The van der Waals surface area contributed by atoms with Gasteiger partial charge in [-0.2, -0.15) is 10.4 Å². The van der Waals surface area contributed by atoms with Crippen molar-refractivity contribution in [3.05, 3.63) is 48.6 Å². The maximum absolute atomic E-state index is 9.12. The molecule has 0 radical (unpaired) electrons. The fourth-order valence-electron chi connectivity index (χ4n) is 4.39. The van der Waals surface area contributed by atoms with Crippen molar-refractivity contribution in [1.82, 2.24) is 19.6 Å². The van der Waals surface area contributed by atoms with Crippen molar-refractivity contribution < 1.29 is 0 Å². The summed E-state index contributed by atoms with van der Waals surface area (Å²) in [5, 5.41) is 16.3. The molecule has 3 aliphatic rings. The Morgan fingerprint density at radius 1 is 1.39 bits per heavy atom. The number of nitrogens with one attached hydrogen (secondary N) is 1. The number of fused-ring (bicyclic) bond motifs is 2. The van der Waals surface area contributed by atoms with E-state index >= 15 is 0 Å². The number of allylic oxidation sites excluding steroid dienone is 2. The van der Waals surface area contributed by atoms with Crippen LogP contribution in [0.15, 0.2) is 63.6 Å². The Kier molecular flexibility index (Phi) is 6.38. The van der Waals surface area contributed by atoms with Crippen molar-refractivity contribution in [2.45, 2.75) is 31.3 Å². The molecule has 1 N–H and O–H groups in total. The smallest absolute Gasteiger partial charge is 0.226 e. The van der Waals surface area contributed by atoms with Crippen molar-refractivity contribution in [3.63, 3.8) is 0 Å². The van der Waals surface area contributed by atoms with E-state index in [-0.39, 0.29) is 0 Å². The van der Waals surface area contributed by atoms with Crippen LogP contribution in [0.3, 0.4) is 0 Å². The molecule has 9 nitrogen and oxygen atoms in total. The molecule has 2 bridgehead atoms. The first-order valence-corrected chi connectivity index (χ1v) is 10.5. The highest BCUT2D eigenvalue weighted by Crippen LogP contribution is 2.31. The minimum atomic E-state index is 0.443. The summed E-state index contributed by atoms with van der Waals surface area (Å²) in [6, 6.07) is 3.14. The van der Waals surface area contributed by atoms with Crippen LogP contribution in [0.5, 0.6) is 0 Å². The third kappa shape index (κ3) is 4.98. The number of aromatic nitrogens is 2. The molecule has 31 heavy (non-hydrogen) atoms. The van der Waals surface area contributed by atoms with E-state index in [0.29, 0.717) is 23.6 Å². The number of amidine groups is 1. The van der Waals surface area contributed by atoms with Crippen LogP contribution in [0.1, 0.15) is 19.3 Å². The topological polar surface area (TPSA) is 97.2 Å². The molecule has 2 fully saturated rings. The van der Waals surface area contributed by atoms with E-state index in [1.807, 2.05) is 19.3 Å². The quantitative estimate of drug-likeness (QED) is 0.599. The second kappa shape index (κ2) is 9.53. The van der Waals surface area contributed by atoms with E-state index in [1.54, 1.807) is 29.4 Å².